The Morgan fingerprint density at radius 1 is 1.10 bits per heavy atom. The number of methoxy groups -OCH3 is 1. The third kappa shape index (κ3) is 3.99. The van der Waals surface area contributed by atoms with Gasteiger partial charge in [0.05, 0.1) is 12.0 Å². The second kappa shape index (κ2) is 8.26. The average molecular weight is 416 g/mol. The maximum Gasteiger partial charge on any atom is 0.291 e. The summed E-state index contributed by atoms with van der Waals surface area (Å²) in [6.45, 7) is 6.10. The Bertz CT molecular complexity index is 1130. The van der Waals surface area contributed by atoms with Gasteiger partial charge in [-0.15, -0.1) is 0 Å². The van der Waals surface area contributed by atoms with Gasteiger partial charge in [-0.1, -0.05) is 13.8 Å². The van der Waals surface area contributed by atoms with Crippen LogP contribution in [0.25, 0.3) is 11.0 Å². The highest BCUT2D eigenvalue weighted by Crippen LogP contribution is 2.29. The van der Waals surface area contributed by atoms with Crippen molar-refractivity contribution in [1.82, 2.24) is 4.31 Å². The summed E-state index contributed by atoms with van der Waals surface area (Å²) in [7, 11) is -2.03. The molecule has 0 fully saturated rings. The molecule has 1 N–H and O–H groups in total. The fourth-order valence-corrected chi connectivity index (χ4v) is 4.64. The third-order valence-electron chi connectivity index (χ3n) is 4.80. The predicted octanol–water partition coefficient (Wildman–Crippen LogP) is 4.03. The van der Waals surface area contributed by atoms with Crippen LogP contribution in [0.1, 0.15) is 30.0 Å². The molecule has 7 nitrogen and oxygen atoms in total. The first kappa shape index (κ1) is 20.9. The number of rotatable bonds is 7. The molecular formula is C21H24N2O5S. The predicted molar refractivity (Wildman–Crippen MR) is 112 cm³/mol. The number of hydrogen-bond acceptors (Lipinski definition) is 5. The van der Waals surface area contributed by atoms with Crippen LogP contribution in [0.5, 0.6) is 5.75 Å². The molecule has 8 heteroatoms. The van der Waals surface area contributed by atoms with E-state index in [9.17, 15) is 13.2 Å². The Morgan fingerprint density at radius 2 is 1.76 bits per heavy atom. The van der Waals surface area contributed by atoms with Gasteiger partial charge in [-0.2, -0.15) is 4.31 Å². The van der Waals surface area contributed by atoms with E-state index in [2.05, 4.69) is 5.32 Å². The highest BCUT2D eigenvalue weighted by molar-refractivity contribution is 7.89. The normalized spacial score (nSPS) is 11.8. The first-order chi connectivity index (χ1) is 13.8. The monoisotopic (exact) mass is 416 g/mol. The lowest BCUT2D eigenvalue weighted by Gasteiger charge is -2.18. The molecule has 1 aromatic heterocycles. The number of amides is 1. The maximum atomic E-state index is 12.8. The number of anilines is 1. The zero-order chi connectivity index (χ0) is 21.2. The molecule has 0 aliphatic rings. The second-order valence-electron chi connectivity index (χ2n) is 6.49. The van der Waals surface area contributed by atoms with E-state index in [0.29, 0.717) is 41.1 Å². The zero-order valence-corrected chi connectivity index (χ0v) is 17.7. The highest BCUT2D eigenvalue weighted by Gasteiger charge is 2.24. The van der Waals surface area contributed by atoms with Gasteiger partial charge in [0.15, 0.2) is 5.76 Å². The molecule has 0 bridgehead atoms. The van der Waals surface area contributed by atoms with Crippen LogP contribution in [0.2, 0.25) is 0 Å². The molecule has 2 aromatic carbocycles. The summed E-state index contributed by atoms with van der Waals surface area (Å²) in [5.74, 6) is 0.426. The van der Waals surface area contributed by atoms with Crippen LogP contribution in [0, 0.1) is 6.92 Å². The number of carbonyl (C=O) groups excluding carboxylic acids is 1. The number of aryl methyl sites for hydroxylation is 1. The average Bonchev–Trinajstić information content (AvgIpc) is 3.05. The van der Waals surface area contributed by atoms with E-state index in [4.69, 9.17) is 9.15 Å². The number of carbonyl (C=O) groups is 1. The molecule has 0 radical (unpaired) electrons. The molecular weight excluding hydrogens is 392 g/mol. The zero-order valence-electron chi connectivity index (χ0n) is 16.9. The van der Waals surface area contributed by atoms with E-state index in [1.807, 2.05) is 0 Å². The first-order valence-corrected chi connectivity index (χ1v) is 10.7. The molecule has 0 unspecified atom stereocenters. The highest BCUT2D eigenvalue weighted by atomic mass is 32.2. The van der Waals surface area contributed by atoms with Gasteiger partial charge in [0.2, 0.25) is 10.0 Å². The number of hydrogen-bond donors (Lipinski definition) is 1. The Kier molecular flexibility index (Phi) is 5.95. The van der Waals surface area contributed by atoms with Crippen LogP contribution >= 0.6 is 0 Å². The summed E-state index contributed by atoms with van der Waals surface area (Å²) >= 11 is 0. The van der Waals surface area contributed by atoms with Gasteiger partial charge in [0.25, 0.3) is 5.91 Å². The number of ether oxygens (including phenoxy) is 1. The van der Waals surface area contributed by atoms with Crippen molar-refractivity contribution < 1.29 is 22.4 Å². The minimum Gasteiger partial charge on any atom is -0.497 e. The van der Waals surface area contributed by atoms with Gasteiger partial charge in [-0.25, -0.2) is 8.42 Å². The van der Waals surface area contributed by atoms with Crippen LogP contribution in [0.3, 0.4) is 0 Å². The van der Waals surface area contributed by atoms with Crippen molar-refractivity contribution in [2.75, 3.05) is 25.5 Å². The van der Waals surface area contributed by atoms with E-state index in [-0.39, 0.29) is 10.7 Å². The fraction of sp³-hybridized carbons (Fsp3) is 0.286. The Labute approximate surface area is 170 Å². The Morgan fingerprint density at radius 3 is 2.34 bits per heavy atom. The molecule has 1 amide bonds. The van der Waals surface area contributed by atoms with Gasteiger partial charge in [0, 0.05) is 29.7 Å². The van der Waals surface area contributed by atoms with Gasteiger partial charge >= 0.3 is 0 Å². The first-order valence-electron chi connectivity index (χ1n) is 9.30. The Hall–Kier alpha value is -2.84. The van der Waals surface area contributed by atoms with Crippen molar-refractivity contribution in [1.29, 1.82) is 0 Å². The van der Waals surface area contributed by atoms with Crippen molar-refractivity contribution in [3.05, 3.63) is 53.8 Å². The number of furan rings is 1. The van der Waals surface area contributed by atoms with Gasteiger partial charge in [0.1, 0.15) is 11.3 Å². The second-order valence-corrected chi connectivity index (χ2v) is 8.42. The number of benzene rings is 2. The molecule has 0 spiro atoms. The van der Waals surface area contributed by atoms with Crippen LogP contribution in [0.4, 0.5) is 5.69 Å². The molecule has 1 heterocycles. The van der Waals surface area contributed by atoms with Gasteiger partial charge in [-0.3, -0.25) is 4.79 Å². The number of nitrogens with zero attached hydrogens (tertiary/aromatic N) is 1. The van der Waals surface area contributed by atoms with Crippen LogP contribution in [-0.4, -0.2) is 38.8 Å². The van der Waals surface area contributed by atoms with E-state index in [0.717, 1.165) is 0 Å². The lowest BCUT2D eigenvalue weighted by Crippen LogP contribution is -2.30. The summed E-state index contributed by atoms with van der Waals surface area (Å²) in [4.78, 5) is 12.9. The fourth-order valence-electron chi connectivity index (χ4n) is 3.15. The van der Waals surface area contributed by atoms with Crippen molar-refractivity contribution in [3.63, 3.8) is 0 Å². The maximum absolute atomic E-state index is 12.8. The molecule has 3 rings (SSSR count). The number of nitrogens with one attached hydrogen (secondary N) is 1. The molecule has 0 aliphatic heterocycles. The summed E-state index contributed by atoms with van der Waals surface area (Å²) in [6.07, 6.45) is 0. The molecule has 154 valence electrons. The largest absolute Gasteiger partial charge is 0.497 e. The lowest BCUT2D eigenvalue weighted by molar-refractivity contribution is 0.0998. The summed E-state index contributed by atoms with van der Waals surface area (Å²) in [5.41, 5.74) is 1.64. The lowest BCUT2D eigenvalue weighted by atomic mass is 10.1. The Balaban J connectivity index is 1.94. The number of fused-ring (bicyclic) bond motifs is 1. The van der Waals surface area contributed by atoms with E-state index >= 15 is 0 Å². The van der Waals surface area contributed by atoms with Gasteiger partial charge < -0.3 is 14.5 Å². The van der Waals surface area contributed by atoms with Crippen molar-refractivity contribution in [2.24, 2.45) is 0 Å². The summed E-state index contributed by atoms with van der Waals surface area (Å²) < 4.78 is 37.8. The molecule has 3 aromatic rings. The SMILES string of the molecule is CCN(CC)S(=O)(=O)c1ccc2oc(C(=O)Nc3ccc(OC)cc3)c(C)c2c1. The standard InChI is InChI=1S/C21H24N2O5S/c1-5-23(6-2)29(25,26)17-11-12-19-18(13-17)14(3)20(28-19)21(24)22-15-7-9-16(27-4)10-8-15/h7-13H,5-6H2,1-4H3,(H,22,24). The summed E-state index contributed by atoms with van der Waals surface area (Å²) in [5, 5.41) is 3.37. The van der Waals surface area contributed by atoms with Crippen molar-refractivity contribution in [2.45, 2.75) is 25.7 Å². The smallest absolute Gasteiger partial charge is 0.291 e. The van der Waals surface area contributed by atoms with E-state index in [1.165, 1.54) is 10.4 Å². The topological polar surface area (TPSA) is 88.9 Å². The van der Waals surface area contributed by atoms with Crippen LogP contribution < -0.4 is 10.1 Å². The van der Waals surface area contributed by atoms with Crippen molar-refractivity contribution in [3.8, 4) is 5.75 Å². The molecule has 0 saturated heterocycles. The quantitative estimate of drug-likeness (QED) is 0.628. The van der Waals surface area contributed by atoms with Crippen LogP contribution in [0.15, 0.2) is 51.8 Å². The van der Waals surface area contributed by atoms with Gasteiger partial charge in [-0.05, 0) is 49.4 Å². The van der Waals surface area contributed by atoms with E-state index < -0.39 is 15.9 Å². The molecule has 0 atom stereocenters. The van der Waals surface area contributed by atoms with Crippen LogP contribution in [-0.2, 0) is 10.0 Å². The summed E-state index contributed by atoms with van der Waals surface area (Å²) in [6, 6.07) is 11.6. The van der Waals surface area contributed by atoms with Crippen molar-refractivity contribution >= 4 is 32.6 Å². The minimum absolute atomic E-state index is 0.146. The third-order valence-corrected chi connectivity index (χ3v) is 6.85. The molecule has 0 saturated carbocycles. The number of sulfonamides is 1. The molecule has 0 aliphatic carbocycles. The van der Waals surface area contributed by atoms with E-state index in [1.54, 1.807) is 64.3 Å². The minimum atomic E-state index is -3.60. The molecule has 29 heavy (non-hydrogen) atoms.